The van der Waals surface area contributed by atoms with Crippen molar-refractivity contribution >= 4 is 5.82 Å². The van der Waals surface area contributed by atoms with Crippen LogP contribution in [0.2, 0.25) is 0 Å². The highest BCUT2D eigenvalue weighted by molar-refractivity contribution is 5.23. The van der Waals surface area contributed by atoms with Gasteiger partial charge in [-0.1, -0.05) is 0 Å². The largest absolute Gasteiger partial charge is 0.391 e. The van der Waals surface area contributed by atoms with Crippen LogP contribution < -0.4 is 11.4 Å². The number of nitrogen functional groups attached to an aromatic ring is 1. The van der Waals surface area contributed by atoms with Crippen molar-refractivity contribution in [2.24, 2.45) is 0 Å². The monoisotopic (exact) mass is 287 g/mol. The highest BCUT2D eigenvalue weighted by Crippen LogP contribution is 2.37. The normalized spacial score (nSPS) is 33.5. The quantitative estimate of drug-likeness (QED) is 0.489. The first kappa shape index (κ1) is 14.9. The van der Waals surface area contributed by atoms with E-state index in [0.29, 0.717) is 0 Å². The number of hydrogen-bond donors (Lipinski definition) is 4. The van der Waals surface area contributed by atoms with E-state index in [1.165, 1.54) is 12.3 Å². The summed E-state index contributed by atoms with van der Waals surface area (Å²) in [6.45, 7) is 1.11. The average molecular weight is 287 g/mol. The van der Waals surface area contributed by atoms with Gasteiger partial charge in [0.15, 0.2) is 6.23 Å². The predicted molar refractivity (Wildman–Crippen MR) is 66.5 cm³/mol. The summed E-state index contributed by atoms with van der Waals surface area (Å²) >= 11 is 0. The third-order valence-corrected chi connectivity index (χ3v) is 3.12. The van der Waals surface area contributed by atoms with Crippen molar-refractivity contribution in [3.05, 3.63) is 22.7 Å². The number of aliphatic hydroxyl groups is 3. The number of rotatable bonds is 4. The highest BCUT2D eigenvalue weighted by Gasteiger charge is 2.56. The van der Waals surface area contributed by atoms with E-state index in [-0.39, 0.29) is 12.4 Å². The summed E-state index contributed by atoms with van der Waals surface area (Å²) in [6.07, 6.45) is -2.92. The summed E-state index contributed by atoms with van der Waals surface area (Å²) in [5.74, 6) is -1.75. The maximum Gasteiger partial charge on any atom is 0.351 e. The number of anilines is 1. The van der Waals surface area contributed by atoms with Crippen molar-refractivity contribution in [3.63, 3.8) is 0 Å². The van der Waals surface area contributed by atoms with Gasteiger partial charge in [-0.15, -0.1) is 0 Å². The lowest BCUT2D eigenvalue weighted by Gasteiger charge is -2.29. The van der Waals surface area contributed by atoms with Gasteiger partial charge in [0, 0.05) is 12.8 Å². The second kappa shape index (κ2) is 5.46. The summed E-state index contributed by atoms with van der Waals surface area (Å²) < 4.78 is 11.5. The molecule has 9 nitrogen and oxygen atoms in total. The van der Waals surface area contributed by atoms with E-state index >= 15 is 0 Å². The molecule has 0 radical (unpaired) electrons. The molecule has 1 fully saturated rings. The van der Waals surface area contributed by atoms with E-state index in [1.807, 2.05) is 0 Å². The Morgan fingerprint density at radius 1 is 1.60 bits per heavy atom. The molecule has 0 unspecified atom stereocenters. The third kappa shape index (κ3) is 2.30. The van der Waals surface area contributed by atoms with Gasteiger partial charge in [0.05, 0.1) is 0 Å². The summed E-state index contributed by atoms with van der Waals surface area (Å²) in [5.41, 5.74) is 4.63. The van der Waals surface area contributed by atoms with Crippen molar-refractivity contribution in [2.45, 2.75) is 31.1 Å². The van der Waals surface area contributed by atoms with Gasteiger partial charge < -0.3 is 30.5 Å². The SMILES string of the molecule is CCO[C@]1(CO)O[C@@H](n2ccc(N)nc2=O)[C@H](O)[C@@H]1O. The molecule has 1 saturated heterocycles. The van der Waals surface area contributed by atoms with Gasteiger partial charge in [0.2, 0.25) is 5.79 Å². The van der Waals surface area contributed by atoms with E-state index < -0.39 is 36.5 Å². The number of hydrogen-bond acceptors (Lipinski definition) is 8. The lowest BCUT2D eigenvalue weighted by Crippen LogP contribution is -2.48. The van der Waals surface area contributed by atoms with Crippen LogP contribution in [0.25, 0.3) is 0 Å². The van der Waals surface area contributed by atoms with Crippen LogP contribution in [0.4, 0.5) is 5.82 Å². The fourth-order valence-electron chi connectivity index (χ4n) is 2.14. The molecular weight excluding hydrogens is 270 g/mol. The molecule has 1 aromatic rings. The summed E-state index contributed by atoms with van der Waals surface area (Å²) in [5, 5.41) is 29.4. The van der Waals surface area contributed by atoms with Crippen molar-refractivity contribution in [2.75, 3.05) is 18.9 Å². The molecule has 112 valence electrons. The fraction of sp³-hybridized carbons (Fsp3) is 0.636. The third-order valence-electron chi connectivity index (χ3n) is 3.12. The maximum atomic E-state index is 11.7. The van der Waals surface area contributed by atoms with E-state index in [9.17, 15) is 20.1 Å². The maximum absolute atomic E-state index is 11.7. The molecule has 0 saturated carbocycles. The smallest absolute Gasteiger partial charge is 0.351 e. The van der Waals surface area contributed by atoms with Gasteiger partial charge in [-0.3, -0.25) is 4.57 Å². The first-order valence-corrected chi connectivity index (χ1v) is 6.08. The standard InChI is InChI=1S/C11H17N3O6/c1-2-19-11(5-15)8(17)7(16)9(20-11)14-4-3-6(12)13-10(14)18/h3-4,7-9,15-17H,2,5H2,1H3,(H2,12,13,18)/t7-,8+,9-,11-/m1/s1. The Balaban J connectivity index is 2.37. The number of nitrogens with zero attached hydrogens (tertiary/aromatic N) is 2. The van der Waals surface area contributed by atoms with Gasteiger partial charge in [-0.25, -0.2) is 4.79 Å². The predicted octanol–water partition coefficient (Wildman–Crippen LogP) is -2.20. The molecule has 0 amide bonds. The zero-order chi connectivity index (χ0) is 14.9. The molecule has 1 aromatic heterocycles. The molecule has 2 rings (SSSR count). The zero-order valence-electron chi connectivity index (χ0n) is 10.8. The highest BCUT2D eigenvalue weighted by atomic mass is 16.7. The van der Waals surface area contributed by atoms with Crippen LogP contribution in [0.3, 0.4) is 0 Å². The van der Waals surface area contributed by atoms with Crippen molar-refractivity contribution in [3.8, 4) is 0 Å². The Labute approximate surface area is 114 Å². The van der Waals surface area contributed by atoms with E-state index in [0.717, 1.165) is 4.57 Å². The summed E-state index contributed by atoms with van der Waals surface area (Å²) in [7, 11) is 0. The Kier molecular flexibility index (Phi) is 4.06. The van der Waals surface area contributed by atoms with Crippen molar-refractivity contribution < 1.29 is 24.8 Å². The molecule has 9 heteroatoms. The van der Waals surface area contributed by atoms with E-state index in [4.69, 9.17) is 15.2 Å². The molecule has 20 heavy (non-hydrogen) atoms. The molecule has 0 aromatic carbocycles. The summed E-state index contributed by atoms with van der Waals surface area (Å²) in [4.78, 5) is 15.2. The van der Waals surface area contributed by atoms with Crippen LogP contribution in [-0.2, 0) is 9.47 Å². The number of nitrogens with two attached hydrogens (primary N) is 1. The molecule has 1 aliphatic heterocycles. The molecule has 0 spiro atoms. The zero-order valence-corrected chi connectivity index (χ0v) is 10.8. The molecular formula is C11H17N3O6. The van der Waals surface area contributed by atoms with Crippen LogP contribution >= 0.6 is 0 Å². The molecule has 5 N–H and O–H groups in total. The minimum Gasteiger partial charge on any atom is -0.391 e. The van der Waals surface area contributed by atoms with Crippen LogP contribution in [0.5, 0.6) is 0 Å². The van der Waals surface area contributed by atoms with Crippen LogP contribution in [0, 0.1) is 0 Å². The molecule has 0 aliphatic carbocycles. The average Bonchev–Trinajstić information content (AvgIpc) is 2.65. The van der Waals surface area contributed by atoms with Gasteiger partial charge in [0.1, 0.15) is 24.6 Å². The topological polar surface area (TPSA) is 140 Å². The van der Waals surface area contributed by atoms with Crippen LogP contribution in [-0.4, -0.2) is 56.1 Å². The Hall–Kier alpha value is -1.52. The second-order valence-electron chi connectivity index (χ2n) is 4.39. The van der Waals surface area contributed by atoms with Gasteiger partial charge >= 0.3 is 5.69 Å². The summed E-state index contributed by atoms with van der Waals surface area (Å²) in [6, 6.07) is 1.35. The Morgan fingerprint density at radius 3 is 2.85 bits per heavy atom. The number of ether oxygens (including phenoxy) is 2. The van der Waals surface area contributed by atoms with Crippen molar-refractivity contribution in [1.29, 1.82) is 0 Å². The molecule has 0 bridgehead atoms. The Bertz CT molecular complexity index is 535. The minimum atomic E-state index is -1.78. The van der Waals surface area contributed by atoms with E-state index in [1.54, 1.807) is 6.92 Å². The molecule has 1 aliphatic rings. The fourth-order valence-corrected chi connectivity index (χ4v) is 2.14. The molecule has 2 heterocycles. The lowest BCUT2D eigenvalue weighted by atomic mass is 10.1. The first-order chi connectivity index (χ1) is 9.45. The van der Waals surface area contributed by atoms with Gasteiger partial charge in [0.25, 0.3) is 0 Å². The Morgan fingerprint density at radius 2 is 2.30 bits per heavy atom. The van der Waals surface area contributed by atoms with Gasteiger partial charge in [-0.05, 0) is 13.0 Å². The molecule has 4 atom stereocenters. The second-order valence-corrected chi connectivity index (χ2v) is 4.39. The lowest BCUT2D eigenvalue weighted by molar-refractivity contribution is -0.280. The number of aromatic nitrogens is 2. The number of aliphatic hydroxyl groups excluding tert-OH is 3. The minimum absolute atomic E-state index is 0.0255. The van der Waals surface area contributed by atoms with Gasteiger partial charge in [-0.2, -0.15) is 4.98 Å². The van der Waals surface area contributed by atoms with E-state index in [2.05, 4.69) is 4.98 Å². The first-order valence-electron chi connectivity index (χ1n) is 6.08. The van der Waals surface area contributed by atoms with Crippen LogP contribution in [0.15, 0.2) is 17.1 Å². The van der Waals surface area contributed by atoms with Crippen LogP contribution in [0.1, 0.15) is 13.2 Å². The van der Waals surface area contributed by atoms with Crippen molar-refractivity contribution in [1.82, 2.24) is 9.55 Å².